The molecule has 31 heavy (non-hydrogen) atoms. The molecule has 7 heteroatoms. The summed E-state index contributed by atoms with van der Waals surface area (Å²) in [4.78, 5) is 27.2. The summed E-state index contributed by atoms with van der Waals surface area (Å²) in [5.74, 6) is -0.176. The van der Waals surface area contributed by atoms with Gasteiger partial charge in [0, 0.05) is 25.2 Å². The molecule has 0 radical (unpaired) electrons. The average Bonchev–Trinajstić information content (AvgIpc) is 2.67. The lowest BCUT2D eigenvalue weighted by molar-refractivity contribution is -0.117. The monoisotopic (exact) mass is 449 g/mol. The van der Waals surface area contributed by atoms with E-state index >= 15 is 0 Å². The van der Waals surface area contributed by atoms with E-state index in [2.05, 4.69) is 27.4 Å². The Morgan fingerprint density at radius 3 is 2.55 bits per heavy atom. The van der Waals surface area contributed by atoms with Crippen LogP contribution in [0.25, 0.3) is 0 Å². The highest BCUT2D eigenvalue weighted by atomic mass is 32.2. The first kappa shape index (κ1) is 23.9. The van der Waals surface area contributed by atoms with Crippen LogP contribution in [-0.4, -0.2) is 48.8 Å². The van der Waals surface area contributed by atoms with E-state index in [1.54, 1.807) is 7.05 Å². The van der Waals surface area contributed by atoms with Gasteiger partial charge in [-0.05, 0) is 67.3 Å². The maximum Gasteiger partial charge on any atom is 0.266 e. The molecule has 0 amide bonds. The van der Waals surface area contributed by atoms with Crippen LogP contribution in [0.3, 0.4) is 0 Å². The van der Waals surface area contributed by atoms with E-state index < -0.39 is 15.9 Å². The van der Waals surface area contributed by atoms with Crippen molar-refractivity contribution < 1.29 is 22.6 Å². The van der Waals surface area contributed by atoms with Gasteiger partial charge in [-0.3, -0.25) is 14.1 Å². The number of hydrogen-bond acceptors (Lipinski definition) is 5. The highest BCUT2D eigenvalue weighted by molar-refractivity contribution is 7.85. The molecule has 4 atom stereocenters. The maximum atomic E-state index is 13.3. The van der Waals surface area contributed by atoms with E-state index in [4.69, 9.17) is 4.55 Å². The van der Waals surface area contributed by atoms with E-state index in [0.29, 0.717) is 23.8 Å². The molecule has 3 aliphatic rings. The number of hydrogen-bond donors (Lipinski definition) is 1. The molecule has 0 aliphatic heterocycles. The van der Waals surface area contributed by atoms with Crippen molar-refractivity contribution in [1.29, 1.82) is 0 Å². The first-order valence-electron chi connectivity index (χ1n) is 11.1. The van der Waals surface area contributed by atoms with E-state index in [0.717, 1.165) is 32.1 Å². The predicted molar refractivity (Wildman–Crippen MR) is 121 cm³/mol. The largest absolute Gasteiger partial charge is 0.370 e. The Bertz CT molecular complexity index is 962. The summed E-state index contributed by atoms with van der Waals surface area (Å²) in [7, 11) is -2.59. The van der Waals surface area contributed by atoms with Crippen LogP contribution in [0.15, 0.2) is 35.6 Å². The first-order chi connectivity index (χ1) is 14.3. The molecule has 0 heterocycles. The lowest BCUT2D eigenvalue weighted by Gasteiger charge is -2.59. The average molecular weight is 450 g/mol. The molecule has 172 valence electrons. The van der Waals surface area contributed by atoms with Crippen molar-refractivity contribution in [2.75, 3.05) is 19.3 Å². The van der Waals surface area contributed by atoms with Crippen LogP contribution >= 0.6 is 0 Å². The standard InChI is InChI=1S/C24H35NO5S/c1-16-7-6-8-21-23(16,3)10-9-17(2)24(21,4)15-18-13-19(26)14-20(22(18)27)25(5)11-12-31(28,29)30/h13-14,17,21H,1,6-12,15H2,2-5H3,(H,28,29,30)/t17-,21+,23-,24+/m0/s1. The van der Waals surface area contributed by atoms with Crippen molar-refractivity contribution in [2.45, 2.75) is 59.3 Å². The Labute approximate surface area is 186 Å². The van der Waals surface area contributed by atoms with E-state index in [9.17, 15) is 18.0 Å². The van der Waals surface area contributed by atoms with Gasteiger partial charge in [-0.2, -0.15) is 8.42 Å². The second-order valence-electron chi connectivity index (χ2n) is 10.2. The molecular weight excluding hydrogens is 414 g/mol. The van der Waals surface area contributed by atoms with Crippen molar-refractivity contribution in [3.05, 3.63) is 35.6 Å². The summed E-state index contributed by atoms with van der Waals surface area (Å²) >= 11 is 0. The summed E-state index contributed by atoms with van der Waals surface area (Å²) in [5, 5.41) is 0. The molecule has 0 saturated heterocycles. The quantitative estimate of drug-likeness (QED) is 0.375. The SMILES string of the molecule is C=C1CCC[C@H]2[C@](C)(CC3=CC(=O)C=C(N(C)CCS(=O)(=O)O)C3=O)[C@@H](C)CC[C@@]12C. The van der Waals surface area contributed by atoms with Crippen molar-refractivity contribution in [2.24, 2.45) is 22.7 Å². The molecule has 3 aliphatic carbocycles. The normalized spacial score (nSPS) is 34.2. The van der Waals surface area contributed by atoms with E-state index in [-0.39, 0.29) is 34.6 Å². The Morgan fingerprint density at radius 2 is 1.90 bits per heavy atom. The van der Waals surface area contributed by atoms with Gasteiger partial charge in [0.1, 0.15) is 0 Å². The van der Waals surface area contributed by atoms with E-state index in [1.807, 2.05) is 0 Å². The number of nitrogens with zero attached hydrogens (tertiary/aromatic N) is 1. The molecule has 0 aromatic carbocycles. The molecule has 0 unspecified atom stereocenters. The van der Waals surface area contributed by atoms with Gasteiger partial charge in [0.25, 0.3) is 10.1 Å². The van der Waals surface area contributed by atoms with Crippen LogP contribution in [0, 0.1) is 22.7 Å². The van der Waals surface area contributed by atoms with Gasteiger partial charge < -0.3 is 4.90 Å². The highest BCUT2D eigenvalue weighted by Crippen LogP contribution is 2.63. The molecule has 6 nitrogen and oxygen atoms in total. The molecule has 0 spiro atoms. The third-order valence-electron chi connectivity index (χ3n) is 8.35. The minimum absolute atomic E-state index is 0.0622. The number of allylic oxidation sites excluding steroid dienone is 4. The van der Waals surface area contributed by atoms with Gasteiger partial charge >= 0.3 is 0 Å². The van der Waals surface area contributed by atoms with Gasteiger partial charge in [-0.15, -0.1) is 0 Å². The van der Waals surface area contributed by atoms with Crippen molar-refractivity contribution >= 4 is 21.7 Å². The molecule has 2 saturated carbocycles. The zero-order valence-electron chi connectivity index (χ0n) is 19.1. The maximum absolute atomic E-state index is 13.3. The lowest BCUT2D eigenvalue weighted by atomic mass is 9.46. The number of carbonyl (C=O) groups is 2. The van der Waals surface area contributed by atoms with Crippen LogP contribution in [0.4, 0.5) is 0 Å². The van der Waals surface area contributed by atoms with Crippen molar-refractivity contribution in [3.63, 3.8) is 0 Å². The zero-order valence-corrected chi connectivity index (χ0v) is 19.9. The second-order valence-corrected chi connectivity index (χ2v) is 11.8. The van der Waals surface area contributed by atoms with Gasteiger partial charge in [0.2, 0.25) is 5.78 Å². The smallest absolute Gasteiger partial charge is 0.266 e. The van der Waals surface area contributed by atoms with Crippen molar-refractivity contribution in [1.82, 2.24) is 4.90 Å². The van der Waals surface area contributed by atoms with Gasteiger partial charge in [-0.25, -0.2) is 0 Å². The Morgan fingerprint density at radius 1 is 1.23 bits per heavy atom. The minimum Gasteiger partial charge on any atom is -0.370 e. The Hall–Kier alpha value is -1.73. The molecule has 1 N–H and O–H groups in total. The number of likely N-dealkylation sites (N-methyl/N-ethyl adjacent to an activating group) is 1. The molecule has 3 rings (SSSR count). The van der Waals surface area contributed by atoms with Crippen LogP contribution < -0.4 is 0 Å². The molecule has 0 aromatic heterocycles. The fourth-order valence-corrected chi connectivity index (χ4v) is 6.61. The number of Topliss-reactive ketones (excluding diaryl/α,β-unsaturated/α-hetero) is 1. The summed E-state index contributed by atoms with van der Waals surface area (Å²) in [6.45, 7) is 11.2. The Balaban J connectivity index is 1.86. The topological polar surface area (TPSA) is 91.8 Å². The lowest BCUT2D eigenvalue weighted by Crippen LogP contribution is -2.50. The summed E-state index contributed by atoms with van der Waals surface area (Å²) in [6.07, 6.45) is 8.68. The third-order valence-corrected chi connectivity index (χ3v) is 9.05. The Kier molecular flexibility index (Phi) is 6.42. The fourth-order valence-electron chi connectivity index (χ4n) is 6.11. The van der Waals surface area contributed by atoms with Crippen LogP contribution in [0.5, 0.6) is 0 Å². The highest BCUT2D eigenvalue weighted by Gasteiger charge is 2.54. The zero-order chi connectivity index (χ0) is 23.2. The molecule has 2 fully saturated rings. The van der Waals surface area contributed by atoms with Gasteiger partial charge in [0.05, 0.1) is 11.4 Å². The summed E-state index contributed by atoms with van der Waals surface area (Å²) in [5.41, 5.74) is 1.93. The van der Waals surface area contributed by atoms with Gasteiger partial charge in [0.15, 0.2) is 5.78 Å². The first-order valence-corrected chi connectivity index (χ1v) is 12.7. The van der Waals surface area contributed by atoms with E-state index in [1.165, 1.54) is 22.6 Å². The summed E-state index contributed by atoms with van der Waals surface area (Å²) in [6, 6.07) is 0. The molecule has 0 bridgehead atoms. The summed E-state index contributed by atoms with van der Waals surface area (Å²) < 4.78 is 31.2. The minimum atomic E-state index is -4.16. The number of rotatable bonds is 6. The number of carbonyl (C=O) groups excluding carboxylic acids is 2. The third kappa shape index (κ3) is 4.58. The predicted octanol–water partition coefficient (Wildman–Crippen LogP) is 3.96. The number of ketones is 2. The molecular formula is C24H35NO5S. The number of fused-ring (bicyclic) bond motifs is 1. The van der Waals surface area contributed by atoms with Crippen LogP contribution in [0.2, 0.25) is 0 Å². The molecule has 0 aromatic rings. The van der Waals surface area contributed by atoms with Crippen LogP contribution in [0.1, 0.15) is 59.3 Å². The fraction of sp³-hybridized carbons (Fsp3) is 0.667. The second kappa shape index (κ2) is 8.32. The van der Waals surface area contributed by atoms with Gasteiger partial charge in [-0.1, -0.05) is 32.9 Å². The van der Waals surface area contributed by atoms with Crippen molar-refractivity contribution in [3.8, 4) is 0 Å². The van der Waals surface area contributed by atoms with Crippen LogP contribution in [-0.2, 0) is 19.7 Å².